The Morgan fingerprint density at radius 3 is 2.67 bits per heavy atom. The van der Waals surface area contributed by atoms with Gasteiger partial charge in [-0.15, -0.1) is 0 Å². The fraction of sp³-hybridized carbons (Fsp3) is 0.550. The molecule has 0 unspecified atom stereocenters. The van der Waals surface area contributed by atoms with Crippen LogP contribution in [0.2, 0.25) is 0 Å². The van der Waals surface area contributed by atoms with E-state index >= 15 is 0 Å². The average molecular weight is 390 g/mol. The fourth-order valence-electron chi connectivity index (χ4n) is 4.51. The molecular weight excluding hydrogens is 362 g/mol. The van der Waals surface area contributed by atoms with Crippen LogP contribution >= 0.6 is 0 Å². The molecule has 2 aliphatic heterocycles. The van der Waals surface area contributed by atoms with Crippen molar-refractivity contribution in [2.45, 2.75) is 63.5 Å². The second kappa shape index (κ2) is 6.07. The van der Waals surface area contributed by atoms with Gasteiger partial charge in [0.1, 0.15) is 16.2 Å². The van der Waals surface area contributed by atoms with Gasteiger partial charge in [-0.25, -0.2) is 8.42 Å². The van der Waals surface area contributed by atoms with Crippen LogP contribution in [0.15, 0.2) is 23.1 Å². The molecule has 0 aliphatic carbocycles. The first-order chi connectivity index (χ1) is 12.6. The maximum absolute atomic E-state index is 13.6. The van der Waals surface area contributed by atoms with Crippen LogP contribution in [0.5, 0.6) is 5.75 Å². The molecular formula is C20H27N3O3S. The van der Waals surface area contributed by atoms with Gasteiger partial charge < -0.3 is 4.74 Å². The number of nitrogens with zero attached hydrogens (tertiary/aromatic N) is 3. The first-order valence-corrected chi connectivity index (χ1v) is 10.9. The normalized spacial score (nSPS) is 22.0. The van der Waals surface area contributed by atoms with Crippen LogP contribution in [0, 0.1) is 13.8 Å². The van der Waals surface area contributed by atoms with E-state index in [0.717, 1.165) is 41.8 Å². The molecule has 1 atom stereocenters. The summed E-state index contributed by atoms with van der Waals surface area (Å²) in [5.41, 5.74) is 3.54. The van der Waals surface area contributed by atoms with Crippen LogP contribution in [-0.2, 0) is 23.5 Å². The van der Waals surface area contributed by atoms with E-state index in [1.807, 2.05) is 51.6 Å². The molecule has 0 saturated carbocycles. The lowest BCUT2D eigenvalue weighted by Crippen LogP contribution is -2.32. The van der Waals surface area contributed by atoms with Gasteiger partial charge in [0.05, 0.1) is 11.7 Å². The second-order valence-corrected chi connectivity index (χ2v) is 10.1. The van der Waals surface area contributed by atoms with Crippen molar-refractivity contribution in [2.24, 2.45) is 7.05 Å². The molecule has 7 heteroatoms. The minimum Gasteiger partial charge on any atom is -0.486 e. The number of para-hydroxylation sites is 1. The molecule has 0 spiro atoms. The summed E-state index contributed by atoms with van der Waals surface area (Å²) in [6.45, 7) is 8.46. The van der Waals surface area contributed by atoms with E-state index in [1.165, 1.54) is 0 Å². The molecule has 1 aromatic carbocycles. The van der Waals surface area contributed by atoms with Crippen molar-refractivity contribution in [3.63, 3.8) is 0 Å². The molecule has 2 aliphatic rings. The highest BCUT2D eigenvalue weighted by Crippen LogP contribution is 2.44. The standard InChI is InChI=1S/C20H27N3O3S/c1-13-18(14(2)22(5)21-13)16-9-7-11-23(16)27(24,25)17-10-6-8-15-12-20(3,4)26-19(15)17/h6,8,10,16H,7,9,11-12H2,1-5H3/t16-/m0/s1. The zero-order valence-corrected chi connectivity index (χ0v) is 17.4. The summed E-state index contributed by atoms with van der Waals surface area (Å²) in [5, 5.41) is 4.49. The van der Waals surface area contributed by atoms with Gasteiger partial charge in [-0.2, -0.15) is 9.40 Å². The highest BCUT2D eigenvalue weighted by Gasteiger charge is 2.42. The van der Waals surface area contributed by atoms with Gasteiger partial charge in [-0.3, -0.25) is 4.68 Å². The van der Waals surface area contributed by atoms with Crippen LogP contribution < -0.4 is 4.74 Å². The van der Waals surface area contributed by atoms with Crippen LogP contribution in [0.3, 0.4) is 0 Å². The number of rotatable bonds is 3. The number of hydrogen-bond acceptors (Lipinski definition) is 4. The Morgan fingerprint density at radius 1 is 1.26 bits per heavy atom. The Balaban J connectivity index is 1.78. The first-order valence-electron chi connectivity index (χ1n) is 9.45. The molecule has 1 fully saturated rings. The minimum atomic E-state index is -3.66. The Labute approximate surface area is 161 Å². The third-order valence-corrected chi connectivity index (χ3v) is 7.68. The Kier molecular flexibility index (Phi) is 4.16. The molecule has 0 bridgehead atoms. The maximum Gasteiger partial charge on any atom is 0.247 e. The van der Waals surface area contributed by atoms with Gasteiger partial charge in [0, 0.05) is 31.3 Å². The van der Waals surface area contributed by atoms with E-state index in [0.29, 0.717) is 12.3 Å². The zero-order valence-electron chi connectivity index (χ0n) is 16.6. The van der Waals surface area contributed by atoms with E-state index in [-0.39, 0.29) is 16.5 Å². The average Bonchev–Trinajstić information content (AvgIpc) is 3.22. The van der Waals surface area contributed by atoms with E-state index in [9.17, 15) is 8.42 Å². The first kappa shape index (κ1) is 18.5. The lowest BCUT2D eigenvalue weighted by Gasteiger charge is -2.26. The quantitative estimate of drug-likeness (QED) is 0.808. The van der Waals surface area contributed by atoms with Crippen molar-refractivity contribution < 1.29 is 13.2 Å². The van der Waals surface area contributed by atoms with Gasteiger partial charge in [-0.1, -0.05) is 12.1 Å². The SMILES string of the molecule is Cc1nn(C)c(C)c1[C@@H]1CCCN1S(=O)(=O)c1cccc2c1OC(C)(C)C2. The highest BCUT2D eigenvalue weighted by molar-refractivity contribution is 7.89. The van der Waals surface area contributed by atoms with Gasteiger partial charge >= 0.3 is 0 Å². The lowest BCUT2D eigenvalue weighted by atomic mass is 10.0. The predicted octanol–water partition coefficient (Wildman–Crippen LogP) is 3.28. The maximum atomic E-state index is 13.6. The molecule has 27 heavy (non-hydrogen) atoms. The molecule has 6 nitrogen and oxygen atoms in total. The topological polar surface area (TPSA) is 64.4 Å². The number of sulfonamides is 1. The van der Waals surface area contributed by atoms with Crippen molar-refractivity contribution >= 4 is 10.0 Å². The number of aromatic nitrogens is 2. The Bertz CT molecular complexity index is 1010. The van der Waals surface area contributed by atoms with E-state index in [4.69, 9.17) is 4.74 Å². The Hall–Kier alpha value is -1.86. The van der Waals surface area contributed by atoms with Crippen molar-refractivity contribution in [1.29, 1.82) is 0 Å². The number of aryl methyl sites for hydroxylation is 2. The second-order valence-electron chi connectivity index (χ2n) is 8.26. The smallest absolute Gasteiger partial charge is 0.247 e. The summed E-state index contributed by atoms with van der Waals surface area (Å²) >= 11 is 0. The van der Waals surface area contributed by atoms with Gasteiger partial charge in [0.25, 0.3) is 0 Å². The lowest BCUT2D eigenvalue weighted by molar-refractivity contribution is 0.134. The van der Waals surface area contributed by atoms with Crippen LogP contribution in [0.25, 0.3) is 0 Å². The molecule has 1 aromatic heterocycles. The summed E-state index contributed by atoms with van der Waals surface area (Å²) < 4.78 is 36.8. The summed E-state index contributed by atoms with van der Waals surface area (Å²) in [4.78, 5) is 0.289. The molecule has 0 N–H and O–H groups in total. The molecule has 4 rings (SSSR count). The van der Waals surface area contributed by atoms with Crippen molar-refractivity contribution in [2.75, 3.05) is 6.54 Å². The Morgan fingerprint density at radius 2 is 2.00 bits per heavy atom. The monoisotopic (exact) mass is 389 g/mol. The number of ether oxygens (including phenoxy) is 1. The van der Waals surface area contributed by atoms with Gasteiger partial charge in [0.2, 0.25) is 10.0 Å². The number of hydrogen-bond donors (Lipinski definition) is 0. The third kappa shape index (κ3) is 2.88. The van der Waals surface area contributed by atoms with E-state index in [1.54, 1.807) is 10.4 Å². The molecule has 0 radical (unpaired) electrons. The summed E-state index contributed by atoms with van der Waals surface area (Å²) in [5.74, 6) is 0.521. The van der Waals surface area contributed by atoms with Crippen molar-refractivity contribution in [3.05, 3.63) is 40.7 Å². The van der Waals surface area contributed by atoms with Crippen LogP contribution in [-0.4, -0.2) is 34.6 Å². The summed E-state index contributed by atoms with van der Waals surface area (Å²) in [6, 6.07) is 5.28. The minimum absolute atomic E-state index is 0.172. The molecule has 146 valence electrons. The van der Waals surface area contributed by atoms with Gasteiger partial charge in [-0.05, 0) is 52.2 Å². The largest absolute Gasteiger partial charge is 0.486 e. The van der Waals surface area contributed by atoms with Crippen molar-refractivity contribution in [1.82, 2.24) is 14.1 Å². The molecule has 2 aromatic rings. The van der Waals surface area contributed by atoms with Crippen LogP contribution in [0.1, 0.15) is 55.2 Å². The fourth-order valence-corrected chi connectivity index (χ4v) is 6.33. The number of benzene rings is 1. The van der Waals surface area contributed by atoms with Crippen LogP contribution in [0.4, 0.5) is 0 Å². The molecule has 1 saturated heterocycles. The van der Waals surface area contributed by atoms with Crippen molar-refractivity contribution in [3.8, 4) is 5.75 Å². The summed E-state index contributed by atoms with van der Waals surface area (Å²) in [6.07, 6.45) is 2.38. The number of fused-ring (bicyclic) bond motifs is 1. The van der Waals surface area contributed by atoms with E-state index < -0.39 is 10.0 Å². The predicted molar refractivity (Wildman–Crippen MR) is 103 cm³/mol. The molecule has 0 amide bonds. The highest BCUT2D eigenvalue weighted by atomic mass is 32.2. The molecule has 3 heterocycles. The zero-order chi connectivity index (χ0) is 19.6. The third-order valence-electron chi connectivity index (χ3n) is 5.74. The van der Waals surface area contributed by atoms with Gasteiger partial charge in [0.15, 0.2) is 0 Å². The summed E-state index contributed by atoms with van der Waals surface area (Å²) in [7, 11) is -1.76. The van der Waals surface area contributed by atoms with E-state index in [2.05, 4.69) is 5.10 Å².